The number of ether oxygens (including phenoxy) is 3. The van der Waals surface area contributed by atoms with Crippen molar-refractivity contribution in [2.75, 3.05) is 28.4 Å². The molecule has 8 nitrogen and oxygen atoms in total. The SMILES string of the molecule is CNCc1ccc(-c2cccc(-c3cccc4c3cnn4-c3cc(OC)c(C=O)c(OC)c3)c2Cl)nc1OC. The van der Waals surface area contributed by atoms with Gasteiger partial charge in [0.15, 0.2) is 6.29 Å². The lowest BCUT2D eigenvalue weighted by molar-refractivity contribution is 0.111. The van der Waals surface area contributed by atoms with Crippen molar-refractivity contribution in [3.8, 4) is 45.5 Å². The van der Waals surface area contributed by atoms with Crippen molar-refractivity contribution >= 4 is 28.8 Å². The first-order chi connectivity index (χ1) is 19.0. The summed E-state index contributed by atoms with van der Waals surface area (Å²) >= 11 is 7.02. The van der Waals surface area contributed by atoms with E-state index in [1.54, 1.807) is 30.1 Å². The molecule has 2 aromatic heterocycles. The maximum absolute atomic E-state index is 11.6. The van der Waals surface area contributed by atoms with Crippen molar-refractivity contribution in [2.45, 2.75) is 6.54 Å². The highest BCUT2D eigenvalue weighted by Crippen LogP contribution is 2.40. The van der Waals surface area contributed by atoms with Crippen molar-refractivity contribution in [2.24, 2.45) is 0 Å². The van der Waals surface area contributed by atoms with Gasteiger partial charge in [-0.2, -0.15) is 5.10 Å². The number of methoxy groups -OCH3 is 3. The summed E-state index contributed by atoms with van der Waals surface area (Å²) in [6, 6.07) is 19.3. The zero-order valence-electron chi connectivity index (χ0n) is 22.0. The first-order valence-corrected chi connectivity index (χ1v) is 12.6. The van der Waals surface area contributed by atoms with Crippen LogP contribution in [0.25, 0.3) is 39.0 Å². The molecule has 0 spiro atoms. The summed E-state index contributed by atoms with van der Waals surface area (Å²) in [5, 5.41) is 9.27. The van der Waals surface area contributed by atoms with Gasteiger partial charge < -0.3 is 19.5 Å². The predicted octanol–water partition coefficient (Wildman–Crippen LogP) is 5.97. The molecule has 0 atom stereocenters. The molecule has 0 bridgehead atoms. The first-order valence-electron chi connectivity index (χ1n) is 12.2. The van der Waals surface area contributed by atoms with Crippen LogP contribution in [0.15, 0.2) is 66.9 Å². The van der Waals surface area contributed by atoms with E-state index in [2.05, 4.69) is 10.4 Å². The van der Waals surface area contributed by atoms with E-state index < -0.39 is 0 Å². The molecular weight excluding hydrogens is 516 g/mol. The summed E-state index contributed by atoms with van der Waals surface area (Å²) in [6.07, 6.45) is 2.52. The Labute approximate surface area is 231 Å². The van der Waals surface area contributed by atoms with Crippen LogP contribution in [0.3, 0.4) is 0 Å². The smallest absolute Gasteiger partial charge is 0.218 e. The van der Waals surface area contributed by atoms with Gasteiger partial charge in [-0.3, -0.25) is 4.79 Å². The molecule has 0 radical (unpaired) electrons. The number of carbonyl (C=O) groups excluding carboxylic acids is 1. The highest BCUT2D eigenvalue weighted by molar-refractivity contribution is 6.36. The second-order valence-electron chi connectivity index (χ2n) is 8.74. The fourth-order valence-corrected chi connectivity index (χ4v) is 5.04. The average Bonchev–Trinajstić information content (AvgIpc) is 3.41. The zero-order chi connectivity index (χ0) is 27.5. The Kier molecular flexibility index (Phi) is 7.49. The molecule has 5 aromatic rings. The largest absolute Gasteiger partial charge is 0.496 e. The van der Waals surface area contributed by atoms with E-state index in [1.807, 2.05) is 55.6 Å². The van der Waals surface area contributed by atoms with Gasteiger partial charge in [-0.15, -0.1) is 0 Å². The number of nitrogens with zero attached hydrogens (tertiary/aromatic N) is 3. The maximum atomic E-state index is 11.6. The Hall–Kier alpha value is -4.40. The lowest BCUT2D eigenvalue weighted by atomic mass is 9.98. The molecular formula is C30H27ClN4O4. The van der Waals surface area contributed by atoms with Crippen molar-refractivity contribution in [3.05, 3.63) is 83.0 Å². The van der Waals surface area contributed by atoms with Gasteiger partial charge in [-0.25, -0.2) is 9.67 Å². The Morgan fingerprint density at radius 3 is 2.28 bits per heavy atom. The van der Waals surface area contributed by atoms with Crippen LogP contribution in [0.1, 0.15) is 15.9 Å². The number of benzene rings is 3. The molecule has 0 aliphatic carbocycles. The molecule has 0 saturated heterocycles. The van der Waals surface area contributed by atoms with Crippen LogP contribution in [-0.2, 0) is 6.54 Å². The molecule has 39 heavy (non-hydrogen) atoms. The third kappa shape index (κ3) is 4.69. The number of rotatable bonds is 9. The second kappa shape index (κ2) is 11.1. The Balaban J connectivity index is 1.63. The summed E-state index contributed by atoms with van der Waals surface area (Å²) in [5.41, 5.74) is 6.14. The minimum Gasteiger partial charge on any atom is -0.496 e. The summed E-state index contributed by atoms with van der Waals surface area (Å²) in [6.45, 7) is 0.645. The fourth-order valence-electron chi connectivity index (χ4n) is 4.71. The van der Waals surface area contributed by atoms with E-state index in [0.29, 0.717) is 46.5 Å². The fraction of sp³-hybridized carbons (Fsp3) is 0.167. The van der Waals surface area contributed by atoms with E-state index in [4.69, 9.17) is 30.8 Å². The highest BCUT2D eigenvalue weighted by Gasteiger charge is 2.18. The summed E-state index contributed by atoms with van der Waals surface area (Å²) in [7, 11) is 6.51. The van der Waals surface area contributed by atoms with Gasteiger partial charge in [0.05, 0.1) is 55.0 Å². The quantitative estimate of drug-likeness (QED) is 0.230. The van der Waals surface area contributed by atoms with Crippen molar-refractivity contribution < 1.29 is 19.0 Å². The van der Waals surface area contributed by atoms with Gasteiger partial charge in [0, 0.05) is 40.8 Å². The first kappa shape index (κ1) is 26.2. The van der Waals surface area contributed by atoms with Crippen LogP contribution >= 0.6 is 11.6 Å². The van der Waals surface area contributed by atoms with Gasteiger partial charge >= 0.3 is 0 Å². The van der Waals surface area contributed by atoms with E-state index >= 15 is 0 Å². The molecule has 3 aromatic carbocycles. The highest BCUT2D eigenvalue weighted by atomic mass is 35.5. The van der Waals surface area contributed by atoms with Crippen LogP contribution in [0.5, 0.6) is 17.4 Å². The molecule has 0 amide bonds. The number of aldehydes is 1. The van der Waals surface area contributed by atoms with Crippen molar-refractivity contribution in [1.82, 2.24) is 20.1 Å². The van der Waals surface area contributed by atoms with E-state index in [0.717, 1.165) is 38.9 Å². The van der Waals surface area contributed by atoms with E-state index in [1.165, 1.54) is 14.2 Å². The average molecular weight is 543 g/mol. The van der Waals surface area contributed by atoms with Crippen LogP contribution < -0.4 is 19.5 Å². The van der Waals surface area contributed by atoms with E-state index in [-0.39, 0.29) is 0 Å². The molecule has 198 valence electrons. The normalized spacial score (nSPS) is 11.0. The minimum atomic E-state index is 0.341. The molecule has 1 N–H and O–H groups in total. The summed E-state index contributed by atoms with van der Waals surface area (Å²) < 4.78 is 18.2. The lowest BCUT2D eigenvalue weighted by Crippen LogP contribution is -2.07. The summed E-state index contributed by atoms with van der Waals surface area (Å²) in [5.74, 6) is 1.36. The number of pyridine rings is 1. The molecule has 0 saturated carbocycles. The van der Waals surface area contributed by atoms with E-state index in [9.17, 15) is 4.79 Å². The Bertz CT molecular complexity index is 1660. The van der Waals surface area contributed by atoms with Gasteiger partial charge in [-0.05, 0) is 24.7 Å². The number of fused-ring (bicyclic) bond motifs is 1. The predicted molar refractivity (Wildman–Crippen MR) is 153 cm³/mol. The topological polar surface area (TPSA) is 87.5 Å². The molecule has 5 rings (SSSR count). The number of hydrogen-bond donors (Lipinski definition) is 1. The molecule has 9 heteroatoms. The molecule has 0 aliphatic rings. The second-order valence-corrected chi connectivity index (χ2v) is 9.12. The summed E-state index contributed by atoms with van der Waals surface area (Å²) in [4.78, 5) is 16.3. The standard InChI is InChI=1S/C30H27ClN4O4/c1-32-15-18-11-12-25(34-30(18)39-4)22-9-5-8-21(29(22)31)20-7-6-10-26-23(20)16-33-35(26)19-13-27(37-2)24(17-36)28(14-19)38-3/h5-14,16-17,32H,15H2,1-4H3. The van der Waals surface area contributed by atoms with Gasteiger partial charge in [0.25, 0.3) is 0 Å². The van der Waals surface area contributed by atoms with Gasteiger partial charge in [0.1, 0.15) is 11.5 Å². The van der Waals surface area contributed by atoms with Crippen LogP contribution in [0.2, 0.25) is 5.02 Å². The number of nitrogens with one attached hydrogen (secondary N) is 1. The third-order valence-electron chi connectivity index (χ3n) is 6.57. The van der Waals surface area contributed by atoms with Crippen molar-refractivity contribution in [1.29, 1.82) is 0 Å². The molecule has 0 aliphatic heterocycles. The monoisotopic (exact) mass is 542 g/mol. The molecule has 0 fully saturated rings. The van der Waals surface area contributed by atoms with Crippen molar-refractivity contribution in [3.63, 3.8) is 0 Å². The van der Waals surface area contributed by atoms with Gasteiger partial charge in [0.2, 0.25) is 5.88 Å². The third-order valence-corrected chi connectivity index (χ3v) is 6.98. The van der Waals surface area contributed by atoms with Crippen LogP contribution in [0, 0.1) is 0 Å². The number of carbonyl (C=O) groups is 1. The Morgan fingerprint density at radius 1 is 0.923 bits per heavy atom. The lowest BCUT2D eigenvalue weighted by Gasteiger charge is -2.14. The number of halogens is 1. The van der Waals surface area contributed by atoms with Crippen LogP contribution in [0.4, 0.5) is 0 Å². The molecule has 0 unspecified atom stereocenters. The van der Waals surface area contributed by atoms with Gasteiger partial charge in [-0.1, -0.05) is 48.0 Å². The molecule has 2 heterocycles. The van der Waals surface area contributed by atoms with Crippen LogP contribution in [-0.4, -0.2) is 49.4 Å². The zero-order valence-corrected chi connectivity index (χ0v) is 22.7. The minimum absolute atomic E-state index is 0.341. The maximum Gasteiger partial charge on any atom is 0.218 e. The Morgan fingerprint density at radius 2 is 1.62 bits per heavy atom. The number of hydrogen-bond acceptors (Lipinski definition) is 7. The number of aromatic nitrogens is 3.